The molecular weight excluding hydrogens is 124 g/mol. The molecule has 0 saturated carbocycles. The van der Waals surface area contributed by atoms with E-state index in [1.807, 2.05) is 7.05 Å². The second-order valence-corrected chi connectivity index (χ2v) is 2.73. The van der Waals surface area contributed by atoms with Crippen LogP contribution in [0.2, 0.25) is 0 Å². The van der Waals surface area contributed by atoms with Crippen LogP contribution < -0.4 is 10.6 Å². The molecule has 0 radical (unpaired) electrons. The summed E-state index contributed by atoms with van der Waals surface area (Å²) in [4.78, 5) is 0. The van der Waals surface area contributed by atoms with Crippen molar-refractivity contribution < 1.29 is 0 Å². The zero-order chi connectivity index (χ0) is 7.98. The van der Waals surface area contributed by atoms with Crippen molar-refractivity contribution in [2.24, 2.45) is 0 Å². The summed E-state index contributed by atoms with van der Waals surface area (Å²) in [5.74, 6) is 0. The second kappa shape index (κ2) is 5.69. The Morgan fingerprint density at radius 2 is 1.80 bits per heavy atom. The Labute approximate surface area is 64.4 Å². The van der Waals surface area contributed by atoms with Crippen LogP contribution in [0.5, 0.6) is 0 Å². The molecule has 2 unspecified atom stereocenters. The molecule has 0 aliphatic rings. The molecule has 0 aromatic rings. The van der Waals surface area contributed by atoms with Crippen LogP contribution in [0.25, 0.3) is 0 Å². The molecule has 0 aromatic carbocycles. The minimum absolute atomic E-state index is 0.481. The van der Waals surface area contributed by atoms with Gasteiger partial charge in [0, 0.05) is 6.04 Å². The van der Waals surface area contributed by atoms with Crippen LogP contribution >= 0.6 is 0 Å². The van der Waals surface area contributed by atoms with E-state index in [0.29, 0.717) is 12.2 Å². The first-order valence-electron chi connectivity index (χ1n) is 4.17. The third kappa shape index (κ3) is 3.85. The minimum atomic E-state index is 0.481. The summed E-state index contributed by atoms with van der Waals surface area (Å²) < 4.78 is 0. The second-order valence-electron chi connectivity index (χ2n) is 2.73. The normalized spacial score (nSPS) is 16.8. The van der Waals surface area contributed by atoms with Crippen LogP contribution in [0.15, 0.2) is 0 Å². The van der Waals surface area contributed by atoms with Crippen LogP contribution in [0.1, 0.15) is 33.6 Å². The molecule has 0 saturated heterocycles. The van der Waals surface area contributed by atoms with E-state index >= 15 is 0 Å². The van der Waals surface area contributed by atoms with Crippen LogP contribution in [-0.4, -0.2) is 19.3 Å². The molecule has 0 aromatic heterocycles. The van der Waals surface area contributed by atoms with Gasteiger partial charge < -0.3 is 5.32 Å². The summed E-state index contributed by atoms with van der Waals surface area (Å²) >= 11 is 0. The fourth-order valence-electron chi connectivity index (χ4n) is 0.867. The van der Waals surface area contributed by atoms with Gasteiger partial charge in [-0.3, -0.25) is 5.32 Å². The first-order valence-corrected chi connectivity index (χ1v) is 4.17. The predicted octanol–water partition coefficient (Wildman–Crippen LogP) is 1.33. The fraction of sp³-hybridized carbons (Fsp3) is 1.00. The van der Waals surface area contributed by atoms with E-state index in [1.165, 1.54) is 6.42 Å². The fourth-order valence-corrected chi connectivity index (χ4v) is 0.867. The lowest BCUT2D eigenvalue weighted by molar-refractivity contribution is 0.387. The molecule has 0 fully saturated rings. The average molecular weight is 144 g/mol. The molecule has 2 nitrogen and oxygen atoms in total. The van der Waals surface area contributed by atoms with E-state index < -0.39 is 0 Å². The minimum Gasteiger partial charge on any atom is -0.305 e. The monoisotopic (exact) mass is 144 g/mol. The SMILES string of the molecule is CCC(C)NC(CC)NC. The summed E-state index contributed by atoms with van der Waals surface area (Å²) in [7, 11) is 1.99. The van der Waals surface area contributed by atoms with Gasteiger partial charge >= 0.3 is 0 Å². The Bertz CT molecular complexity index is 69.7. The Balaban J connectivity index is 3.41. The first-order chi connectivity index (χ1) is 4.74. The van der Waals surface area contributed by atoms with E-state index in [4.69, 9.17) is 0 Å². The lowest BCUT2D eigenvalue weighted by atomic mass is 10.2. The van der Waals surface area contributed by atoms with Gasteiger partial charge in [0.15, 0.2) is 0 Å². The highest BCUT2D eigenvalue weighted by atomic mass is 15.1. The van der Waals surface area contributed by atoms with E-state index in [2.05, 4.69) is 31.4 Å². The highest BCUT2D eigenvalue weighted by Crippen LogP contribution is 1.92. The standard InChI is InChI=1S/C8H20N2/c1-5-7(3)10-8(6-2)9-4/h7-10H,5-6H2,1-4H3. The molecule has 0 heterocycles. The van der Waals surface area contributed by atoms with Gasteiger partial charge in [-0.1, -0.05) is 13.8 Å². The predicted molar refractivity (Wildman–Crippen MR) is 46.0 cm³/mol. The summed E-state index contributed by atoms with van der Waals surface area (Å²) in [6, 6.07) is 0.623. The molecule has 0 spiro atoms. The van der Waals surface area contributed by atoms with Crippen molar-refractivity contribution in [1.82, 2.24) is 10.6 Å². The number of hydrogen-bond donors (Lipinski definition) is 2. The zero-order valence-corrected chi connectivity index (χ0v) is 7.57. The molecule has 10 heavy (non-hydrogen) atoms. The van der Waals surface area contributed by atoms with Gasteiger partial charge in [-0.25, -0.2) is 0 Å². The quantitative estimate of drug-likeness (QED) is 0.569. The Morgan fingerprint density at radius 3 is 2.10 bits per heavy atom. The van der Waals surface area contributed by atoms with E-state index in [9.17, 15) is 0 Å². The summed E-state index contributed by atoms with van der Waals surface area (Å²) in [6.07, 6.45) is 2.81. The molecule has 0 aliphatic heterocycles. The third-order valence-corrected chi connectivity index (χ3v) is 1.85. The summed E-state index contributed by atoms with van der Waals surface area (Å²) in [5, 5.41) is 6.66. The maximum Gasteiger partial charge on any atom is 0.0568 e. The molecule has 0 rings (SSSR count). The number of rotatable bonds is 5. The van der Waals surface area contributed by atoms with Crippen LogP contribution in [-0.2, 0) is 0 Å². The molecule has 2 N–H and O–H groups in total. The first kappa shape index (κ1) is 9.92. The molecular formula is C8H20N2. The highest BCUT2D eigenvalue weighted by Gasteiger charge is 2.04. The number of nitrogens with one attached hydrogen (secondary N) is 2. The number of hydrogen-bond acceptors (Lipinski definition) is 2. The molecule has 0 amide bonds. The maximum absolute atomic E-state index is 3.45. The van der Waals surface area contributed by atoms with E-state index in [0.717, 1.165) is 6.42 Å². The Morgan fingerprint density at radius 1 is 1.20 bits per heavy atom. The van der Waals surface area contributed by atoms with Crippen molar-refractivity contribution >= 4 is 0 Å². The highest BCUT2D eigenvalue weighted by molar-refractivity contribution is 4.64. The van der Waals surface area contributed by atoms with Crippen LogP contribution in [0.4, 0.5) is 0 Å². The van der Waals surface area contributed by atoms with Crippen LogP contribution in [0.3, 0.4) is 0 Å². The van der Waals surface area contributed by atoms with Crippen molar-refractivity contribution in [1.29, 1.82) is 0 Å². The van der Waals surface area contributed by atoms with Crippen molar-refractivity contribution in [2.45, 2.75) is 45.8 Å². The van der Waals surface area contributed by atoms with Gasteiger partial charge in [0.2, 0.25) is 0 Å². The van der Waals surface area contributed by atoms with Gasteiger partial charge in [-0.15, -0.1) is 0 Å². The van der Waals surface area contributed by atoms with Crippen LogP contribution in [0, 0.1) is 0 Å². The Kier molecular flexibility index (Phi) is 5.64. The molecule has 2 atom stereocenters. The summed E-state index contributed by atoms with van der Waals surface area (Å²) in [5.41, 5.74) is 0. The lowest BCUT2D eigenvalue weighted by Crippen LogP contribution is -2.44. The maximum atomic E-state index is 3.45. The van der Waals surface area contributed by atoms with Gasteiger partial charge in [0.1, 0.15) is 0 Å². The van der Waals surface area contributed by atoms with Gasteiger partial charge in [0.25, 0.3) is 0 Å². The van der Waals surface area contributed by atoms with E-state index in [1.54, 1.807) is 0 Å². The summed E-state index contributed by atoms with van der Waals surface area (Å²) in [6.45, 7) is 6.58. The van der Waals surface area contributed by atoms with Crippen molar-refractivity contribution in [2.75, 3.05) is 7.05 Å². The molecule has 62 valence electrons. The van der Waals surface area contributed by atoms with Crippen molar-refractivity contribution in [3.63, 3.8) is 0 Å². The zero-order valence-electron chi connectivity index (χ0n) is 7.57. The third-order valence-electron chi connectivity index (χ3n) is 1.85. The van der Waals surface area contributed by atoms with Crippen molar-refractivity contribution in [3.8, 4) is 0 Å². The molecule has 0 bridgehead atoms. The van der Waals surface area contributed by atoms with Crippen molar-refractivity contribution in [3.05, 3.63) is 0 Å². The Hall–Kier alpha value is -0.0800. The van der Waals surface area contributed by atoms with Gasteiger partial charge in [-0.2, -0.15) is 0 Å². The largest absolute Gasteiger partial charge is 0.305 e. The lowest BCUT2D eigenvalue weighted by Gasteiger charge is -2.20. The van der Waals surface area contributed by atoms with E-state index in [-0.39, 0.29) is 0 Å². The van der Waals surface area contributed by atoms with Gasteiger partial charge in [0.05, 0.1) is 6.17 Å². The average Bonchev–Trinajstić information content (AvgIpc) is 1.99. The van der Waals surface area contributed by atoms with Gasteiger partial charge in [-0.05, 0) is 26.8 Å². The molecule has 2 heteroatoms. The smallest absolute Gasteiger partial charge is 0.0568 e. The topological polar surface area (TPSA) is 24.1 Å². The molecule has 0 aliphatic carbocycles.